The Morgan fingerprint density at radius 3 is 2.58 bits per heavy atom. The SMILES string of the molecule is COc1ccc(Cl)cc1C(=O)N1CCCC1C(=O)N1CCCCC1. The van der Waals surface area contributed by atoms with Crippen molar-refractivity contribution in [3.8, 4) is 5.75 Å². The van der Waals surface area contributed by atoms with Crippen molar-refractivity contribution in [2.75, 3.05) is 26.7 Å². The fourth-order valence-corrected chi connectivity index (χ4v) is 3.77. The van der Waals surface area contributed by atoms with Crippen molar-refractivity contribution in [3.05, 3.63) is 28.8 Å². The summed E-state index contributed by atoms with van der Waals surface area (Å²) in [6.07, 6.45) is 4.85. The Morgan fingerprint density at radius 1 is 1.12 bits per heavy atom. The maximum absolute atomic E-state index is 13.0. The maximum Gasteiger partial charge on any atom is 0.258 e. The smallest absolute Gasteiger partial charge is 0.258 e. The van der Waals surface area contributed by atoms with Gasteiger partial charge in [-0.25, -0.2) is 0 Å². The van der Waals surface area contributed by atoms with Crippen molar-refractivity contribution in [1.82, 2.24) is 9.80 Å². The number of ether oxygens (including phenoxy) is 1. The lowest BCUT2D eigenvalue weighted by Crippen LogP contribution is -2.49. The predicted molar refractivity (Wildman–Crippen MR) is 92.5 cm³/mol. The molecular formula is C18H23ClN2O3. The van der Waals surface area contributed by atoms with Gasteiger partial charge < -0.3 is 14.5 Å². The van der Waals surface area contributed by atoms with Gasteiger partial charge in [0.1, 0.15) is 11.8 Å². The van der Waals surface area contributed by atoms with Gasteiger partial charge in [-0.15, -0.1) is 0 Å². The first-order chi connectivity index (χ1) is 11.6. The van der Waals surface area contributed by atoms with Crippen molar-refractivity contribution in [2.24, 2.45) is 0 Å². The molecule has 0 N–H and O–H groups in total. The van der Waals surface area contributed by atoms with Crippen molar-refractivity contribution in [3.63, 3.8) is 0 Å². The minimum absolute atomic E-state index is 0.0848. The zero-order chi connectivity index (χ0) is 17.1. The van der Waals surface area contributed by atoms with Crippen LogP contribution in [0.25, 0.3) is 0 Å². The molecule has 24 heavy (non-hydrogen) atoms. The van der Waals surface area contributed by atoms with Gasteiger partial charge >= 0.3 is 0 Å². The summed E-state index contributed by atoms with van der Waals surface area (Å²) in [5.74, 6) is 0.393. The highest BCUT2D eigenvalue weighted by Crippen LogP contribution is 2.28. The van der Waals surface area contributed by atoms with Crippen LogP contribution in [0.3, 0.4) is 0 Å². The number of hydrogen-bond donors (Lipinski definition) is 0. The normalized spacial score (nSPS) is 21.0. The highest BCUT2D eigenvalue weighted by atomic mass is 35.5. The molecule has 0 radical (unpaired) electrons. The van der Waals surface area contributed by atoms with E-state index < -0.39 is 0 Å². The molecule has 130 valence electrons. The standard InChI is InChI=1S/C18H23ClN2O3/c1-24-16-8-7-13(19)12-14(16)17(22)21-11-5-6-15(21)18(23)20-9-3-2-4-10-20/h7-8,12,15H,2-6,9-11H2,1H3. The van der Waals surface area contributed by atoms with E-state index in [1.807, 2.05) is 4.90 Å². The molecule has 6 heteroatoms. The third-order valence-corrected chi connectivity index (χ3v) is 5.09. The van der Waals surface area contributed by atoms with E-state index in [1.165, 1.54) is 13.5 Å². The molecule has 0 spiro atoms. The van der Waals surface area contributed by atoms with E-state index in [4.69, 9.17) is 16.3 Å². The second kappa shape index (κ2) is 7.43. The summed E-state index contributed by atoms with van der Waals surface area (Å²) in [5.41, 5.74) is 0.420. The third kappa shape index (κ3) is 3.36. The molecule has 2 aliphatic heterocycles. The number of carbonyl (C=O) groups excluding carboxylic acids is 2. The fourth-order valence-electron chi connectivity index (χ4n) is 3.59. The van der Waals surface area contributed by atoms with Crippen molar-refractivity contribution >= 4 is 23.4 Å². The Kier molecular flexibility index (Phi) is 5.29. The number of carbonyl (C=O) groups is 2. The molecule has 5 nitrogen and oxygen atoms in total. The predicted octanol–water partition coefficient (Wildman–Crippen LogP) is 2.97. The number of halogens is 1. The monoisotopic (exact) mass is 350 g/mol. The average molecular weight is 351 g/mol. The van der Waals surface area contributed by atoms with Crippen LogP contribution in [0.1, 0.15) is 42.5 Å². The molecular weight excluding hydrogens is 328 g/mol. The molecule has 1 aromatic rings. The lowest BCUT2D eigenvalue weighted by Gasteiger charge is -2.32. The summed E-state index contributed by atoms with van der Waals surface area (Å²) in [6.45, 7) is 2.20. The molecule has 2 aliphatic rings. The number of benzene rings is 1. The number of piperidine rings is 1. The Hall–Kier alpha value is -1.75. The van der Waals surface area contributed by atoms with Crippen molar-refractivity contribution in [1.29, 1.82) is 0 Å². The second-order valence-corrected chi connectivity index (χ2v) is 6.82. The Bertz CT molecular complexity index is 629. The molecule has 2 amide bonds. The topological polar surface area (TPSA) is 49.9 Å². The largest absolute Gasteiger partial charge is 0.496 e. The number of methoxy groups -OCH3 is 1. The fraction of sp³-hybridized carbons (Fsp3) is 0.556. The Labute approximate surface area is 147 Å². The molecule has 0 bridgehead atoms. The van der Waals surface area contributed by atoms with Crippen molar-refractivity contribution < 1.29 is 14.3 Å². The molecule has 1 unspecified atom stereocenters. The van der Waals surface area contributed by atoms with Gasteiger partial charge in [-0.3, -0.25) is 9.59 Å². The zero-order valence-corrected chi connectivity index (χ0v) is 14.7. The highest BCUT2D eigenvalue weighted by Gasteiger charge is 2.37. The second-order valence-electron chi connectivity index (χ2n) is 6.39. The van der Waals surface area contributed by atoms with Crippen molar-refractivity contribution in [2.45, 2.75) is 38.1 Å². The van der Waals surface area contributed by atoms with E-state index >= 15 is 0 Å². The molecule has 0 aromatic heterocycles. The molecule has 0 aliphatic carbocycles. The molecule has 2 saturated heterocycles. The van der Waals surface area contributed by atoms with Crippen LogP contribution in [-0.2, 0) is 4.79 Å². The number of rotatable bonds is 3. The first-order valence-corrected chi connectivity index (χ1v) is 8.93. The molecule has 1 aromatic carbocycles. The number of amides is 2. The van der Waals surface area contributed by atoms with Gasteiger partial charge in [0.25, 0.3) is 5.91 Å². The van der Waals surface area contributed by atoms with E-state index in [1.54, 1.807) is 23.1 Å². The van der Waals surface area contributed by atoms with Crippen LogP contribution in [0.15, 0.2) is 18.2 Å². The van der Waals surface area contributed by atoms with Crippen LogP contribution in [0.4, 0.5) is 0 Å². The van der Waals surface area contributed by atoms with Crippen LogP contribution in [-0.4, -0.2) is 54.4 Å². The van der Waals surface area contributed by atoms with E-state index in [-0.39, 0.29) is 17.9 Å². The van der Waals surface area contributed by atoms with Crippen LogP contribution in [0.2, 0.25) is 5.02 Å². The first-order valence-electron chi connectivity index (χ1n) is 8.55. The highest BCUT2D eigenvalue weighted by molar-refractivity contribution is 6.31. The molecule has 1 atom stereocenters. The maximum atomic E-state index is 13.0. The molecule has 3 rings (SSSR count). The van der Waals surface area contributed by atoms with E-state index in [0.717, 1.165) is 38.8 Å². The van der Waals surface area contributed by atoms with Gasteiger partial charge in [0, 0.05) is 24.7 Å². The summed E-state index contributed by atoms with van der Waals surface area (Å²) in [5, 5.41) is 0.484. The van der Waals surface area contributed by atoms with Gasteiger partial charge in [-0.1, -0.05) is 11.6 Å². The van der Waals surface area contributed by atoms with Gasteiger partial charge in [0.05, 0.1) is 12.7 Å². The first kappa shape index (κ1) is 17.1. The average Bonchev–Trinajstić information content (AvgIpc) is 3.10. The lowest BCUT2D eigenvalue weighted by atomic mass is 10.1. The summed E-state index contributed by atoms with van der Waals surface area (Å²) in [7, 11) is 1.53. The number of nitrogens with zero attached hydrogens (tertiary/aromatic N) is 2. The molecule has 2 fully saturated rings. The van der Waals surface area contributed by atoms with Gasteiger partial charge in [0.2, 0.25) is 5.91 Å². The van der Waals surface area contributed by atoms with Crippen LogP contribution in [0, 0.1) is 0 Å². The minimum atomic E-state index is -0.362. The van der Waals surface area contributed by atoms with E-state index in [2.05, 4.69) is 0 Å². The Balaban J connectivity index is 1.81. The number of likely N-dealkylation sites (tertiary alicyclic amines) is 2. The summed E-state index contributed by atoms with van der Waals surface area (Å²) < 4.78 is 5.29. The summed E-state index contributed by atoms with van der Waals surface area (Å²) in [6, 6.07) is 4.63. The Morgan fingerprint density at radius 2 is 1.88 bits per heavy atom. The van der Waals surface area contributed by atoms with Gasteiger partial charge in [0.15, 0.2) is 0 Å². The lowest BCUT2D eigenvalue weighted by molar-refractivity contribution is -0.136. The van der Waals surface area contributed by atoms with Gasteiger partial charge in [-0.2, -0.15) is 0 Å². The molecule has 0 saturated carbocycles. The third-order valence-electron chi connectivity index (χ3n) is 4.86. The number of hydrogen-bond acceptors (Lipinski definition) is 3. The minimum Gasteiger partial charge on any atom is -0.496 e. The van der Waals surface area contributed by atoms with E-state index in [0.29, 0.717) is 22.9 Å². The van der Waals surface area contributed by atoms with Crippen LogP contribution in [0.5, 0.6) is 5.75 Å². The van der Waals surface area contributed by atoms with Crippen LogP contribution >= 0.6 is 11.6 Å². The summed E-state index contributed by atoms with van der Waals surface area (Å²) >= 11 is 6.04. The summed E-state index contributed by atoms with van der Waals surface area (Å²) in [4.78, 5) is 29.4. The van der Waals surface area contributed by atoms with E-state index in [9.17, 15) is 9.59 Å². The zero-order valence-electron chi connectivity index (χ0n) is 14.0. The molecule has 2 heterocycles. The van der Waals surface area contributed by atoms with Crippen LogP contribution < -0.4 is 4.74 Å². The quantitative estimate of drug-likeness (QED) is 0.842. The van der Waals surface area contributed by atoms with Gasteiger partial charge in [-0.05, 0) is 50.3 Å².